The normalized spacial score (nSPS) is 13.3. The van der Waals surface area contributed by atoms with E-state index >= 15 is 0 Å². The summed E-state index contributed by atoms with van der Waals surface area (Å²) in [6.07, 6.45) is 3.58. The summed E-state index contributed by atoms with van der Waals surface area (Å²) in [5, 5.41) is 5.70. The van der Waals surface area contributed by atoms with Gasteiger partial charge in [0.25, 0.3) is 5.91 Å². The van der Waals surface area contributed by atoms with Crippen molar-refractivity contribution in [2.75, 3.05) is 32.0 Å². The second-order valence-corrected chi connectivity index (χ2v) is 4.82. The van der Waals surface area contributed by atoms with Crippen molar-refractivity contribution in [3.8, 4) is 0 Å². The Bertz CT molecular complexity index is 473. The van der Waals surface area contributed by atoms with Crippen molar-refractivity contribution < 1.29 is 9.59 Å². The van der Waals surface area contributed by atoms with Crippen LogP contribution in [0, 0.1) is 0 Å². The highest BCUT2D eigenvalue weighted by molar-refractivity contribution is 5.95. The molecule has 1 aromatic rings. The second-order valence-electron chi connectivity index (χ2n) is 4.82. The molecule has 0 radical (unpaired) electrons. The third-order valence-corrected chi connectivity index (χ3v) is 3.25. The van der Waals surface area contributed by atoms with E-state index in [9.17, 15) is 9.59 Å². The SMILES string of the molecule is CCCN(CC(=O)NC)C(=O)c1cn2c(n1)NCCC2. The largest absolute Gasteiger partial charge is 0.358 e. The minimum Gasteiger partial charge on any atom is -0.358 e. The number of nitrogens with zero attached hydrogens (tertiary/aromatic N) is 3. The van der Waals surface area contributed by atoms with Crippen LogP contribution in [0.4, 0.5) is 5.95 Å². The maximum atomic E-state index is 12.4. The minimum atomic E-state index is -0.195. The molecule has 2 heterocycles. The molecule has 2 N–H and O–H groups in total. The third kappa shape index (κ3) is 3.09. The predicted octanol–water partition coefficient (Wildman–Crippen LogP) is 0.297. The first-order valence-electron chi connectivity index (χ1n) is 6.96. The molecule has 0 atom stereocenters. The first kappa shape index (κ1) is 14.4. The highest BCUT2D eigenvalue weighted by Gasteiger charge is 2.22. The number of aromatic nitrogens is 2. The molecule has 7 heteroatoms. The van der Waals surface area contributed by atoms with Crippen molar-refractivity contribution in [2.24, 2.45) is 0 Å². The number of fused-ring (bicyclic) bond motifs is 1. The number of imidazole rings is 1. The van der Waals surface area contributed by atoms with Crippen LogP contribution in [0.1, 0.15) is 30.3 Å². The van der Waals surface area contributed by atoms with Gasteiger partial charge in [-0.3, -0.25) is 9.59 Å². The Hall–Kier alpha value is -2.05. The summed E-state index contributed by atoms with van der Waals surface area (Å²) in [5.74, 6) is 0.365. The highest BCUT2D eigenvalue weighted by Crippen LogP contribution is 2.15. The predicted molar refractivity (Wildman–Crippen MR) is 75.6 cm³/mol. The molecule has 1 aromatic heterocycles. The van der Waals surface area contributed by atoms with Gasteiger partial charge in [-0.25, -0.2) is 4.98 Å². The lowest BCUT2D eigenvalue weighted by Gasteiger charge is -2.19. The number of carbonyl (C=O) groups is 2. The molecule has 0 spiro atoms. The number of aryl methyl sites for hydroxylation is 1. The van der Waals surface area contributed by atoms with E-state index < -0.39 is 0 Å². The fourth-order valence-corrected chi connectivity index (χ4v) is 2.22. The molecular weight excluding hydrogens is 258 g/mol. The quantitative estimate of drug-likeness (QED) is 0.812. The van der Waals surface area contributed by atoms with E-state index in [4.69, 9.17) is 0 Å². The van der Waals surface area contributed by atoms with Gasteiger partial charge in [-0.05, 0) is 12.8 Å². The van der Waals surface area contributed by atoms with Crippen LogP contribution >= 0.6 is 0 Å². The number of nitrogens with one attached hydrogen (secondary N) is 2. The maximum Gasteiger partial charge on any atom is 0.274 e. The number of hydrogen-bond acceptors (Lipinski definition) is 4. The lowest BCUT2D eigenvalue weighted by Crippen LogP contribution is -2.40. The van der Waals surface area contributed by atoms with Crippen LogP contribution in [-0.2, 0) is 11.3 Å². The lowest BCUT2D eigenvalue weighted by atomic mass is 10.3. The summed E-state index contributed by atoms with van der Waals surface area (Å²) in [4.78, 5) is 29.8. The number of likely N-dealkylation sites (N-methyl/N-ethyl adjacent to an activating group) is 1. The van der Waals surface area contributed by atoms with E-state index in [1.807, 2.05) is 11.5 Å². The van der Waals surface area contributed by atoms with Crippen molar-refractivity contribution in [3.63, 3.8) is 0 Å². The van der Waals surface area contributed by atoms with Gasteiger partial charge in [0.1, 0.15) is 5.69 Å². The molecule has 0 saturated carbocycles. The van der Waals surface area contributed by atoms with Gasteiger partial charge in [0, 0.05) is 32.9 Å². The Balaban J connectivity index is 2.13. The fraction of sp³-hybridized carbons (Fsp3) is 0.615. The first-order valence-corrected chi connectivity index (χ1v) is 6.96. The van der Waals surface area contributed by atoms with E-state index in [1.54, 1.807) is 13.2 Å². The van der Waals surface area contributed by atoms with Crippen LogP contribution in [0.25, 0.3) is 0 Å². The van der Waals surface area contributed by atoms with Crippen molar-refractivity contribution in [3.05, 3.63) is 11.9 Å². The highest BCUT2D eigenvalue weighted by atomic mass is 16.2. The summed E-state index contributed by atoms with van der Waals surface area (Å²) in [7, 11) is 1.57. The molecule has 0 bridgehead atoms. The van der Waals surface area contributed by atoms with Crippen LogP contribution in [0.5, 0.6) is 0 Å². The molecule has 0 aliphatic carbocycles. The summed E-state index contributed by atoms with van der Waals surface area (Å²) in [6, 6.07) is 0. The molecule has 1 aliphatic heterocycles. The number of rotatable bonds is 5. The van der Waals surface area contributed by atoms with Crippen LogP contribution in [0.2, 0.25) is 0 Å². The topological polar surface area (TPSA) is 79.3 Å². The summed E-state index contributed by atoms with van der Waals surface area (Å²) in [5.41, 5.74) is 0.395. The zero-order valence-corrected chi connectivity index (χ0v) is 12.0. The average molecular weight is 279 g/mol. The van der Waals surface area contributed by atoms with Crippen LogP contribution in [0.15, 0.2) is 6.20 Å². The van der Waals surface area contributed by atoms with Gasteiger partial charge >= 0.3 is 0 Å². The molecule has 0 aromatic carbocycles. The fourth-order valence-electron chi connectivity index (χ4n) is 2.22. The zero-order valence-electron chi connectivity index (χ0n) is 12.0. The van der Waals surface area contributed by atoms with Crippen LogP contribution < -0.4 is 10.6 Å². The van der Waals surface area contributed by atoms with E-state index in [0.29, 0.717) is 12.2 Å². The first-order chi connectivity index (χ1) is 9.65. The van der Waals surface area contributed by atoms with Gasteiger partial charge < -0.3 is 20.1 Å². The smallest absolute Gasteiger partial charge is 0.274 e. The molecule has 0 unspecified atom stereocenters. The summed E-state index contributed by atoms with van der Waals surface area (Å²) in [6.45, 7) is 4.33. The number of anilines is 1. The van der Waals surface area contributed by atoms with Crippen molar-refractivity contribution in [1.29, 1.82) is 0 Å². The van der Waals surface area contributed by atoms with Gasteiger partial charge in [0.15, 0.2) is 0 Å². The van der Waals surface area contributed by atoms with Gasteiger partial charge in [-0.1, -0.05) is 6.92 Å². The molecule has 1 aliphatic rings. The molecule has 7 nitrogen and oxygen atoms in total. The van der Waals surface area contributed by atoms with Gasteiger partial charge in [0.05, 0.1) is 6.54 Å². The number of hydrogen-bond donors (Lipinski definition) is 2. The summed E-state index contributed by atoms with van der Waals surface area (Å²) >= 11 is 0. The number of amides is 2. The van der Waals surface area contributed by atoms with Gasteiger partial charge in [0.2, 0.25) is 11.9 Å². The Labute approximate surface area is 118 Å². The molecule has 20 heavy (non-hydrogen) atoms. The lowest BCUT2D eigenvalue weighted by molar-refractivity contribution is -0.121. The third-order valence-electron chi connectivity index (χ3n) is 3.25. The van der Waals surface area contributed by atoms with Crippen molar-refractivity contribution in [2.45, 2.75) is 26.3 Å². The van der Waals surface area contributed by atoms with E-state index in [-0.39, 0.29) is 18.4 Å². The van der Waals surface area contributed by atoms with Crippen LogP contribution in [0.3, 0.4) is 0 Å². The minimum absolute atomic E-state index is 0.0682. The second kappa shape index (κ2) is 6.40. The monoisotopic (exact) mass is 279 g/mol. The molecule has 110 valence electrons. The van der Waals surface area contributed by atoms with E-state index in [1.165, 1.54) is 4.90 Å². The summed E-state index contributed by atoms with van der Waals surface area (Å²) < 4.78 is 1.95. The van der Waals surface area contributed by atoms with Crippen molar-refractivity contribution >= 4 is 17.8 Å². The van der Waals surface area contributed by atoms with Crippen molar-refractivity contribution in [1.82, 2.24) is 19.8 Å². The molecule has 2 rings (SSSR count). The average Bonchev–Trinajstić information content (AvgIpc) is 2.89. The molecule has 0 fully saturated rings. The van der Waals surface area contributed by atoms with E-state index in [0.717, 1.165) is 31.9 Å². The standard InChI is InChI=1S/C13H21N5O2/c1-3-6-17(9-11(19)14-2)12(20)10-8-18-7-4-5-15-13(18)16-10/h8H,3-7,9H2,1-2H3,(H,14,19)(H,15,16). The Morgan fingerprint density at radius 2 is 2.35 bits per heavy atom. The molecular formula is C13H21N5O2. The van der Waals surface area contributed by atoms with Gasteiger partial charge in [-0.15, -0.1) is 0 Å². The zero-order chi connectivity index (χ0) is 14.5. The molecule has 2 amide bonds. The maximum absolute atomic E-state index is 12.4. The van der Waals surface area contributed by atoms with Gasteiger partial charge in [-0.2, -0.15) is 0 Å². The van der Waals surface area contributed by atoms with E-state index in [2.05, 4.69) is 15.6 Å². The number of carbonyl (C=O) groups excluding carboxylic acids is 2. The Morgan fingerprint density at radius 3 is 3.00 bits per heavy atom. The molecule has 0 saturated heterocycles. The Morgan fingerprint density at radius 1 is 1.55 bits per heavy atom. The Kier molecular flexibility index (Phi) is 4.60. The van der Waals surface area contributed by atoms with Crippen LogP contribution in [-0.4, -0.2) is 52.9 Å².